The van der Waals surface area contributed by atoms with Gasteiger partial charge in [0.05, 0.1) is 19.4 Å². The Bertz CT molecular complexity index is 641. The second-order valence-electron chi connectivity index (χ2n) is 3.88. The van der Waals surface area contributed by atoms with Crippen molar-refractivity contribution in [3.8, 4) is 16.3 Å². The maximum atomic E-state index is 14.0. The van der Waals surface area contributed by atoms with Gasteiger partial charge in [-0.3, -0.25) is 0 Å². The molecule has 106 valence electrons. The predicted molar refractivity (Wildman–Crippen MR) is 71.7 cm³/mol. The zero-order valence-corrected chi connectivity index (χ0v) is 11.7. The van der Waals surface area contributed by atoms with Crippen LogP contribution in [0, 0.1) is 5.82 Å². The molecule has 0 aliphatic heterocycles. The van der Waals surface area contributed by atoms with Crippen LogP contribution >= 0.6 is 11.3 Å². The zero-order valence-electron chi connectivity index (χ0n) is 10.8. The van der Waals surface area contributed by atoms with E-state index in [2.05, 4.69) is 4.98 Å². The Balaban J connectivity index is 2.47. The van der Waals surface area contributed by atoms with Crippen molar-refractivity contribution in [3.05, 3.63) is 34.6 Å². The summed E-state index contributed by atoms with van der Waals surface area (Å²) in [7, 11) is 2.88. The van der Waals surface area contributed by atoms with E-state index in [9.17, 15) is 9.18 Å². The highest BCUT2D eigenvalue weighted by Gasteiger charge is 2.19. The fourth-order valence-electron chi connectivity index (χ4n) is 1.66. The summed E-state index contributed by atoms with van der Waals surface area (Å²) in [4.78, 5) is 15.3. The number of hydrogen-bond acceptors (Lipinski definition) is 5. The average Bonchev–Trinajstić information content (AvgIpc) is 2.83. The summed E-state index contributed by atoms with van der Waals surface area (Å²) in [5.41, 5.74) is 0.524. The molecule has 0 aliphatic carbocycles. The summed E-state index contributed by atoms with van der Waals surface area (Å²) < 4.78 is 23.8. The van der Waals surface area contributed by atoms with Crippen molar-refractivity contribution in [2.24, 2.45) is 0 Å². The minimum absolute atomic E-state index is 0.0528. The van der Waals surface area contributed by atoms with E-state index < -0.39 is 11.8 Å². The lowest BCUT2D eigenvalue weighted by molar-refractivity contribution is 0.0697. The summed E-state index contributed by atoms with van der Waals surface area (Å²) in [6.45, 7) is 0.0654. The molecule has 1 aromatic heterocycles. The molecule has 1 heterocycles. The molecule has 1 N–H and O–H groups in total. The first kappa shape index (κ1) is 14.4. The van der Waals surface area contributed by atoms with E-state index in [4.69, 9.17) is 14.6 Å². The van der Waals surface area contributed by atoms with Gasteiger partial charge in [-0.2, -0.15) is 0 Å². The average molecular weight is 297 g/mol. The van der Waals surface area contributed by atoms with Crippen LogP contribution in [0.2, 0.25) is 0 Å². The lowest BCUT2D eigenvalue weighted by Gasteiger charge is -2.02. The lowest BCUT2D eigenvalue weighted by atomic mass is 10.2. The van der Waals surface area contributed by atoms with Gasteiger partial charge in [-0.15, -0.1) is 11.3 Å². The van der Waals surface area contributed by atoms with Crippen molar-refractivity contribution in [3.63, 3.8) is 0 Å². The Labute approximate surface area is 118 Å². The van der Waals surface area contributed by atoms with Gasteiger partial charge in [0.2, 0.25) is 0 Å². The Morgan fingerprint density at radius 1 is 1.45 bits per heavy atom. The molecule has 0 amide bonds. The molecule has 20 heavy (non-hydrogen) atoms. The topological polar surface area (TPSA) is 68.7 Å². The number of thiazole rings is 1. The number of carbonyl (C=O) groups is 1. The summed E-state index contributed by atoms with van der Waals surface area (Å²) in [5.74, 6) is -1.23. The number of benzene rings is 1. The number of hydrogen-bond donors (Lipinski definition) is 1. The fourth-order valence-corrected chi connectivity index (χ4v) is 2.60. The highest BCUT2D eigenvalue weighted by atomic mass is 32.1. The first-order valence-electron chi connectivity index (χ1n) is 5.62. The number of methoxy groups -OCH3 is 2. The number of nitrogens with zero attached hydrogens (tertiary/aromatic N) is 1. The van der Waals surface area contributed by atoms with Gasteiger partial charge in [-0.1, -0.05) is 0 Å². The van der Waals surface area contributed by atoms with Crippen LogP contribution in [0.3, 0.4) is 0 Å². The number of halogens is 1. The number of aromatic carboxylic acids is 1. The molecule has 2 rings (SSSR count). The van der Waals surface area contributed by atoms with E-state index >= 15 is 0 Å². The lowest BCUT2D eigenvalue weighted by Crippen LogP contribution is -1.99. The highest BCUT2D eigenvalue weighted by Crippen LogP contribution is 2.32. The molecule has 0 saturated heterocycles. The Kier molecular flexibility index (Phi) is 4.31. The number of ether oxygens (including phenoxy) is 2. The maximum Gasteiger partial charge on any atom is 0.347 e. The third-order valence-corrected chi connectivity index (χ3v) is 3.70. The first-order chi connectivity index (χ1) is 9.56. The molecular formula is C13H12FNO4S. The number of carboxylic acids is 1. The third kappa shape index (κ3) is 2.78. The molecule has 0 unspecified atom stereocenters. The van der Waals surface area contributed by atoms with Gasteiger partial charge in [0.15, 0.2) is 0 Å². The maximum absolute atomic E-state index is 14.0. The van der Waals surface area contributed by atoms with Crippen LogP contribution in [0.1, 0.15) is 15.4 Å². The number of aromatic nitrogens is 1. The Hall–Kier alpha value is -1.99. The van der Waals surface area contributed by atoms with Crippen LogP contribution in [0.5, 0.6) is 5.75 Å². The van der Waals surface area contributed by atoms with Crippen molar-refractivity contribution >= 4 is 17.3 Å². The second-order valence-corrected chi connectivity index (χ2v) is 4.88. The molecule has 0 aliphatic rings. The van der Waals surface area contributed by atoms with Crippen molar-refractivity contribution in [2.75, 3.05) is 14.2 Å². The highest BCUT2D eigenvalue weighted by molar-refractivity contribution is 7.17. The molecule has 0 radical (unpaired) electrons. The molecular weight excluding hydrogens is 285 g/mol. The van der Waals surface area contributed by atoms with E-state index in [0.29, 0.717) is 10.8 Å². The van der Waals surface area contributed by atoms with Gasteiger partial charge in [0.1, 0.15) is 21.5 Å². The second kappa shape index (κ2) is 5.98. The zero-order chi connectivity index (χ0) is 14.7. The fraction of sp³-hybridized carbons (Fsp3) is 0.231. The van der Waals surface area contributed by atoms with E-state index in [1.807, 2.05) is 0 Å². The summed E-state index contributed by atoms with van der Waals surface area (Å²) in [6.07, 6.45) is 0. The molecule has 0 saturated carbocycles. The number of rotatable bonds is 5. The van der Waals surface area contributed by atoms with Gasteiger partial charge in [0, 0.05) is 18.7 Å². The molecule has 1 aromatic carbocycles. The molecule has 0 spiro atoms. The van der Waals surface area contributed by atoms with E-state index in [1.165, 1.54) is 26.4 Å². The summed E-state index contributed by atoms with van der Waals surface area (Å²) in [5, 5.41) is 9.41. The Morgan fingerprint density at radius 3 is 2.75 bits per heavy atom. The normalized spacial score (nSPS) is 10.6. The van der Waals surface area contributed by atoms with Gasteiger partial charge in [-0.05, 0) is 12.1 Å². The molecule has 5 nitrogen and oxygen atoms in total. The van der Waals surface area contributed by atoms with E-state index in [0.717, 1.165) is 11.3 Å². The first-order valence-corrected chi connectivity index (χ1v) is 6.44. The minimum atomic E-state index is -1.10. The third-order valence-electron chi connectivity index (χ3n) is 2.58. The quantitative estimate of drug-likeness (QED) is 0.919. The van der Waals surface area contributed by atoms with Gasteiger partial charge in [0.25, 0.3) is 0 Å². The molecule has 0 fully saturated rings. The van der Waals surface area contributed by atoms with Crippen LogP contribution in [-0.4, -0.2) is 30.3 Å². The van der Waals surface area contributed by atoms with Gasteiger partial charge < -0.3 is 14.6 Å². The monoisotopic (exact) mass is 297 g/mol. The van der Waals surface area contributed by atoms with E-state index in [1.54, 1.807) is 6.07 Å². The van der Waals surface area contributed by atoms with Gasteiger partial charge in [-0.25, -0.2) is 14.2 Å². The van der Waals surface area contributed by atoms with Crippen molar-refractivity contribution in [1.29, 1.82) is 0 Å². The predicted octanol–water partition coefficient (Wildman–Crippen LogP) is 2.80. The summed E-state index contributed by atoms with van der Waals surface area (Å²) >= 11 is 0.917. The SMILES string of the molecule is COCc1nc(-c2ccc(OC)cc2F)sc1C(=O)O. The standard InChI is InChI=1S/C13H12FNO4S/c1-18-6-10-11(13(16)17)20-12(15-10)8-4-3-7(19-2)5-9(8)14/h3-5H,6H2,1-2H3,(H,16,17). The number of carboxylic acid groups (broad SMARTS) is 1. The Morgan fingerprint density at radius 2 is 2.20 bits per heavy atom. The van der Waals surface area contributed by atoms with E-state index in [-0.39, 0.29) is 22.7 Å². The molecule has 2 aromatic rings. The molecule has 7 heteroatoms. The van der Waals surface area contributed by atoms with Crippen LogP contribution < -0.4 is 4.74 Å². The van der Waals surface area contributed by atoms with Crippen molar-refractivity contribution in [2.45, 2.75) is 6.61 Å². The minimum Gasteiger partial charge on any atom is -0.497 e. The molecule has 0 bridgehead atoms. The smallest absolute Gasteiger partial charge is 0.347 e. The van der Waals surface area contributed by atoms with Gasteiger partial charge >= 0.3 is 5.97 Å². The van der Waals surface area contributed by atoms with Crippen molar-refractivity contribution < 1.29 is 23.8 Å². The van der Waals surface area contributed by atoms with Crippen LogP contribution in [0.15, 0.2) is 18.2 Å². The van der Waals surface area contributed by atoms with Crippen LogP contribution in [-0.2, 0) is 11.3 Å². The largest absolute Gasteiger partial charge is 0.497 e. The molecule has 0 atom stereocenters. The summed E-state index contributed by atoms with van der Waals surface area (Å²) in [6, 6.07) is 4.33. The van der Waals surface area contributed by atoms with Crippen LogP contribution in [0.4, 0.5) is 4.39 Å². The van der Waals surface area contributed by atoms with Crippen molar-refractivity contribution in [1.82, 2.24) is 4.98 Å². The van der Waals surface area contributed by atoms with Crippen LogP contribution in [0.25, 0.3) is 10.6 Å².